The number of benzene rings is 1. The highest BCUT2D eigenvalue weighted by molar-refractivity contribution is 7.89. The van der Waals surface area contributed by atoms with E-state index in [9.17, 15) is 18.0 Å². The van der Waals surface area contributed by atoms with Gasteiger partial charge in [0.05, 0.1) is 22.1 Å². The fourth-order valence-electron chi connectivity index (χ4n) is 3.30. The van der Waals surface area contributed by atoms with Crippen molar-refractivity contribution in [3.05, 3.63) is 51.7 Å². The molecular weight excluding hydrogens is 388 g/mol. The van der Waals surface area contributed by atoms with Gasteiger partial charge in [-0.15, -0.1) is 11.3 Å². The maximum absolute atomic E-state index is 13.3. The average molecular weight is 406 g/mol. The maximum atomic E-state index is 13.3. The summed E-state index contributed by atoms with van der Waals surface area (Å²) in [5, 5.41) is 4.08. The number of fused-ring (bicyclic) bond motifs is 1. The number of nitrogens with one attached hydrogen (secondary N) is 1. The van der Waals surface area contributed by atoms with E-state index in [4.69, 9.17) is 4.74 Å². The molecule has 1 saturated heterocycles. The molecule has 2 aliphatic heterocycles. The molecule has 2 aliphatic rings. The summed E-state index contributed by atoms with van der Waals surface area (Å²) in [6.07, 6.45) is 1.59. The van der Waals surface area contributed by atoms with Crippen LogP contribution in [0.25, 0.3) is 0 Å². The van der Waals surface area contributed by atoms with E-state index in [-0.39, 0.29) is 35.2 Å². The van der Waals surface area contributed by atoms with Crippen LogP contribution in [0.5, 0.6) is 0 Å². The molecule has 0 aliphatic carbocycles. The van der Waals surface area contributed by atoms with E-state index < -0.39 is 21.8 Å². The lowest BCUT2D eigenvalue weighted by Crippen LogP contribution is -2.36. The topological polar surface area (TPSA) is 92.8 Å². The molecule has 1 fully saturated rings. The van der Waals surface area contributed by atoms with E-state index in [2.05, 4.69) is 5.32 Å². The van der Waals surface area contributed by atoms with Crippen LogP contribution in [0, 0.1) is 0 Å². The van der Waals surface area contributed by atoms with Crippen molar-refractivity contribution in [1.82, 2.24) is 9.62 Å². The lowest BCUT2D eigenvalue weighted by Gasteiger charge is -2.24. The van der Waals surface area contributed by atoms with Gasteiger partial charge in [-0.1, -0.05) is 6.07 Å². The summed E-state index contributed by atoms with van der Waals surface area (Å²) in [6, 6.07) is 7.81. The van der Waals surface area contributed by atoms with Crippen LogP contribution >= 0.6 is 11.3 Å². The normalized spacial score (nSPS) is 19.5. The Kier molecular flexibility index (Phi) is 4.85. The van der Waals surface area contributed by atoms with Gasteiger partial charge in [-0.25, -0.2) is 8.42 Å². The minimum absolute atomic E-state index is 0.000605. The third kappa shape index (κ3) is 3.55. The highest BCUT2D eigenvalue weighted by atomic mass is 32.2. The van der Waals surface area contributed by atoms with Gasteiger partial charge in [-0.3, -0.25) is 14.9 Å². The first-order valence-corrected chi connectivity index (χ1v) is 10.9. The predicted octanol–water partition coefficient (Wildman–Crippen LogP) is 2.00. The Labute approximate surface area is 161 Å². The molecule has 2 amide bonds. The van der Waals surface area contributed by atoms with Crippen molar-refractivity contribution in [3.8, 4) is 0 Å². The van der Waals surface area contributed by atoms with Crippen molar-refractivity contribution < 1.29 is 22.7 Å². The maximum Gasteiger partial charge on any atom is 0.258 e. The van der Waals surface area contributed by atoms with Crippen molar-refractivity contribution in [1.29, 1.82) is 0 Å². The summed E-state index contributed by atoms with van der Waals surface area (Å²) >= 11 is 1.49. The number of carbonyl (C=O) groups is 2. The molecule has 1 N–H and O–H groups in total. The molecule has 1 unspecified atom stereocenters. The van der Waals surface area contributed by atoms with Crippen LogP contribution < -0.4 is 5.32 Å². The second-order valence-corrected chi connectivity index (χ2v) is 9.47. The molecule has 0 bridgehead atoms. The van der Waals surface area contributed by atoms with E-state index in [0.29, 0.717) is 6.61 Å². The number of rotatable bonds is 6. The molecule has 142 valence electrons. The Bertz CT molecular complexity index is 979. The summed E-state index contributed by atoms with van der Waals surface area (Å²) < 4.78 is 33.6. The van der Waals surface area contributed by atoms with Crippen LogP contribution in [0.3, 0.4) is 0 Å². The summed E-state index contributed by atoms with van der Waals surface area (Å²) in [7, 11) is -3.86. The zero-order valence-electron chi connectivity index (χ0n) is 14.4. The quantitative estimate of drug-likeness (QED) is 0.741. The first-order chi connectivity index (χ1) is 12.9. The van der Waals surface area contributed by atoms with Gasteiger partial charge in [0.2, 0.25) is 10.0 Å². The standard InChI is InChI=1S/C18H18N2O5S2/c21-17-15-6-5-14(9-16(15)18(22)19-17)27(23,24)20(10-12-3-1-7-25-12)11-13-4-2-8-26-13/h2,4-6,8-9,12H,1,3,7,10-11H2,(H,19,21,22). The number of hydrogen-bond donors (Lipinski definition) is 1. The fourth-order valence-corrected chi connectivity index (χ4v) is 5.57. The highest BCUT2D eigenvalue weighted by Gasteiger charge is 2.33. The van der Waals surface area contributed by atoms with Crippen LogP contribution in [-0.4, -0.2) is 43.8 Å². The molecular formula is C18H18N2O5S2. The molecule has 27 heavy (non-hydrogen) atoms. The van der Waals surface area contributed by atoms with Crippen LogP contribution in [0.4, 0.5) is 0 Å². The number of thiophene rings is 1. The van der Waals surface area contributed by atoms with Gasteiger partial charge in [0.1, 0.15) is 0 Å². The smallest absolute Gasteiger partial charge is 0.258 e. The molecule has 2 aromatic rings. The first-order valence-electron chi connectivity index (χ1n) is 8.59. The third-order valence-electron chi connectivity index (χ3n) is 4.69. The Hall–Kier alpha value is -2.07. The van der Waals surface area contributed by atoms with Gasteiger partial charge < -0.3 is 4.74 Å². The van der Waals surface area contributed by atoms with Crippen LogP contribution in [0.15, 0.2) is 40.6 Å². The average Bonchev–Trinajstić information content (AvgIpc) is 3.38. The number of amides is 2. The van der Waals surface area contributed by atoms with Gasteiger partial charge in [0, 0.05) is 24.6 Å². The van der Waals surface area contributed by atoms with Gasteiger partial charge in [0.15, 0.2) is 0 Å². The second kappa shape index (κ2) is 7.16. The predicted molar refractivity (Wildman–Crippen MR) is 99.1 cm³/mol. The SMILES string of the molecule is O=C1NC(=O)c2cc(S(=O)(=O)N(Cc3cccs3)CC3CCCO3)ccc21. The number of nitrogens with zero attached hydrogens (tertiary/aromatic N) is 1. The minimum Gasteiger partial charge on any atom is -0.377 e. The molecule has 7 nitrogen and oxygen atoms in total. The van der Waals surface area contributed by atoms with Crippen LogP contribution in [0.2, 0.25) is 0 Å². The zero-order valence-corrected chi connectivity index (χ0v) is 16.0. The first kappa shape index (κ1) is 18.3. The number of ether oxygens (including phenoxy) is 1. The van der Waals surface area contributed by atoms with E-state index in [1.54, 1.807) is 0 Å². The summed E-state index contributed by atoms with van der Waals surface area (Å²) in [6.45, 7) is 1.13. The molecule has 0 spiro atoms. The summed E-state index contributed by atoms with van der Waals surface area (Å²) in [4.78, 5) is 24.5. The molecule has 9 heteroatoms. The van der Waals surface area contributed by atoms with Crippen LogP contribution in [-0.2, 0) is 21.3 Å². The minimum atomic E-state index is -3.86. The molecule has 4 rings (SSSR count). The van der Waals surface area contributed by atoms with Crippen molar-refractivity contribution in [2.75, 3.05) is 13.2 Å². The van der Waals surface area contributed by atoms with Crippen LogP contribution in [0.1, 0.15) is 38.4 Å². The number of imide groups is 1. The molecule has 1 atom stereocenters. The van der Waals surface area contributed by atoms with Gasteiger partial charge in [-0.05, 0) is 42.5 Å². The Balaban J connectivity index is 1.68. The van der Waals surface area contributed by atoms with Crippen molar-refractivity contribution in [2.45, 2.75) is 30.4 Å². The number of hydrogen-bond acceptors (Lipinski definition) is 6. The second-order valence-electron chi connectivity index (χ2n) is 6.50. The fraction of sp³-hybridized carbons (Fsp3) is 0.333. The zero-order chi connectivity index (χ0) is 19.0. The van der Waals surface area contributed by atoms with E-state index in [1.165, 1.54) is 33.8 Å². The van der Waals surface area contributed by atoms with Gasteiger partial charge in [-0.2, -0.15) is 4.31 Å². The highest BCUT2D eigenvalue weighted by Crippen LogP contribution is 2.26. The lowest BCUT2D eigenvalue weighted by molar-refractivity contribution is 0.0879. The van der Waals surface area contributed by atoms with E-state index in [0.717, 1.165) is 17.7 Å². The Morgan fingerprint density at radius 3 is 2.70 bits per heavy atom. The largest absolute Gasteiger partial charge is 0.377 e. The lowest BCUT2D eigenvalue weighted by atomic mass is 10.1. The summed E-state index contributed by atoms with van der Waals surface area (Å²) in [5.41, 5.74) is 0.289. The molecule has 1 aromatic carbocycles. The molecule has 3 heterocycles. The summed E-state index contributed by atoms with van der Waals surface area (Å²) in [5.74, 6) is -1.08. The molecule has 0 radical (unpaired) electrons. The van der Waals surface area contributed by atoms with Crippen molar-refractivity contribution in [3.63, 3.8) is 0 Å². The Morgan fingerprint density at radius 1 is 1.19 bits per heavy atom. The monoisotopic (exact) mass is 406 g/mol. The van der Waals surface area contributed by atoms with E-state index >= 15 is 0 Å². The molecule has 1 aromatic heterocycles. The third-order valence-corrected chi connectivity index (χ3v) is 7.36. The van der Waals surface area contributed by atoms with Crippen molar-refractivity contribution in [2.24, 2.45) is 0 Å². The van der Waals surface area contributed by atoms with Gasteiger partial charge >= 0.3 is 0 Å². The number of sulfonamides is 1. The van der Waals surface area contributed by atoms with Gasteiger partial charge in [0.25, 0.3) is 11.8 Å². The number of carbonyl (C=O) groups excluding carboxylic acids is 2. The van der Waals surface area contributed by atoms with Crippen molar-refractivity contribution >= 4 is 33.2 Å². The van der Waals surface area contributed by atoms with E-state index in [1.807, 2.05) is 17.5 Å². The Morgan fingerprint density at radius 2 is 2.00 bits per heavy atom. The molecule has 0 saturated carbocycles.